The molecule has 0 atom stereocenters. The molecule has 1 saturated heterocycles. The van der Waals surface area contributed by atoms with Gasteiger partial charge in [-0.1, -0.05) is 30.7 Å². The molecule has 1 aromatic heterocycles. The van der Waals surface area contributed by atoms with E-state index in [-0.39, 0.29) is 17.5 Å². The summed E-state index contributed by atoms with van der Waals surface area (Å²) in [4.78, 5) is 31.0. The summed E-state index contributed by atoms with van der Waals surface area (Å²) in [5.41, 5.74) is 1.69. The molecule has 3 rings (SSSR count). The van der Waals surface area contributed by atoms with Gasteiger partial charge in [0.25, 0.3) is 11.8 Å². The second-order valence-electron chi connectivity index (χ2n) is 6.71. The second kappa shape index (κ2) is 8.32. The van der Waals surface area contributed by atoms with Crippen LogP contribution in [0.1, 0.15) is 46.2 Å². The third kappa shape index (κ3) is 4.61. The van der Waals surface area contributed by atoms with Crippen LogP contribution in [0.4, 0.5) is 0 Å². The van der Waals surface area contributed by atoms with E-state index in [4.69, 9.17) is 11.6 Å². The van der Waals surface area contributed by atoms with Crippen LogP contribution in [0.25, 0.3) is 0 Å². The molecular formula is C20H22ClN3O2. The maximum atomic E-state index is 12.6. The zero-order chi connectivity index (χ0) is 18.5. The molecule has 1 fully saturated rings. The van der Waals surface area contributed by atoms with Gasteiger partial charge in [-0.3, -0.25) is 14.6 Å². The Labute approximate surface area is 158 Å². The average Bonchev–Trinajstić information content (AvgIpc) is 2.67. The Kier molecular flexibility index (Phi) is 5.89. The minimum absolute atomic E-state index is 0.0361. The standard InChI is InChI=1S/C20H22ClN3O2/c1-14-7-10-24(11-8-14)20(26)16-6-9-22-18(12-16)19(25)23-13-15-2-4-17(21)5-3-15/h2-6,9,12,14H,7-8,10-11,13H2,1H3,(H,23,25). The van der Waals surface area contributed by atoms with Crippen molar-refractivity contribution in [2.75, 3.05) is 13.1 Å². The van der Waals surface area contributed by atoms with Crippen LogP contribution in [0.15, 0.2) is 42.6 Å². The zero-order valence-corrected chi connectivity index (χ0v) is 15.5. The molecular weight excluding hydrogens is 350 g/mol. The van der Waals surface area contributed by atoms with Crippen molar-refractivity contribution in [3.05, 3.63) is 64.4 Å². The van der Waals surface area contributed by atoms with Crippen molar-refractivity contribution in [2.45, 2.75) is 26.3 Å². The van der Waals surface area contributed by atoms with Crippen LogP contribution in [0, 0.1) is 5.92 Å². The summed E-state index contributed by atoms with van der Waals surface area (Å²) in [5, 5.41) is 3.47. The quantitative estimate of drug-likeness (QED) is 0.894. The Morgan fingerprint density at radius 3 is 2.58 bits per heavy atom. The number of rotatable bonds is 4. The van der Waals surface area contributed by atoms with E-state index in [0.29, 0.717) is 23.0 Å². The van der Waals surface area contributed by atoms with Crippen LogP contribution in [-0.4, -0.2) is 34.8 Å². The summed E-state index contributed by atoms with van der Waals surface area (Å²) >= 11 is 5.86. The van der Waals surface area contributed by atoms with Crippen LogP contribution in [0.5, 0.6) is 0 Å². The van der Waals surface area contributed by atoms with Crippen molar-refractivity contribution >= 4 is 23.4 Å². The van der Waals surface area contributed by atoms with E-state index in [1.54, 1.807) is 24.3 Å². The topological polar surface area (TPSA) is 62.3 Å². The molecule has 1 aliphatic rings. The molecule has 0 bridgehead atoms. The zero-order valence-electron chi connectivity index (χ0n) is 14.7. The summed E-state index contributed by atoms with van der Waals surface area (Å²) in [6.45, 7) is 4.11. The van der Waals surface area contributed by atoms with Gasteiger partial charge in [0.2, 0.25) is 0 Å². The number of likely N-dealkylation sites (tertiary alicyclic amines) is 1. The fraction of sp³-hybridized carbons (Fsp3) is 0.350. The predicted molar refractivity (Wildman–Crippen MR) is 101 cm³/mol. The number of hydrogen-bond donors (Lipinski definition) is 1. The fourth-order valence-corrected chi connectivity index (χ4v) is 3.08. The highest BCUT2D eigenvalue weighted by Gasteiger charge is 2.22. The summed E-state index contributed by atoms with van der Waals surface area (Å²) in [7, 11) is 0. The lowest BCUT2D eigenvalue weighted by Crippen LogP contribution is -2.38. The SMILES string of the molecule is CC1CCN(C(=O)c2ccnc(C(=O)NCc3ccc(Cl)cc3)c2)CC1. The van der Waals surface area contributed by atoms with E-state index in [1.807, 2.05) is 17.0 Å². The molecule has 0 saturated carbocycles. The largest absolute Gasteiger partial charge is 0.347 e. The molecule has 1 aliphatic heterocycles. The van der Waals surface area contributed by atoms with E-state index in [1.165, 1.54) is 6.20 Å². The molecule has 0 spiro atoms. The summed E-state index contributed by atoms with van der Waals surface area (Å²) in [6.07, 6.45) is 3.55. The van der Waals surface area contributed by atoms with Crippen molar-refractivity contribution in [1.29, 1.82) is 0 Å². The molecule has 136 valence electrons. The van der Waals surface area contributed by atoms with Crippen LogP contribution < -0.4 is 5.32 Å². The Hall–Kier alpha value is -2.40. The summed E-state index contributed by atoms with van der Waals surface area (Å²) < 4.78 is 0. The van der Waals surface area contributed by atoms with Gasteiger partial charge in [0.05, 0.1) is 0 Å². The molecule has 0 aliphatic carbocycles. The van der Waals surface area contributed by atoms with Crippen LogP contribution in [-0.2, 0) is 6.54 Å². The molecule has 0 radical (unpaired) electrons. The Bertz CT molecular complexity index is 784. The number of hydrogen-bond acceptors (Lipinski definition) is 3. The maximum Gasteiger partial charge on any atom is 0.270 e. The maximum absolute atomic E-state index is 12.6. The third-order valence-corrected chi connectivity index (χ3v) is 4.93. The number of piperidine rings is 1. The van der Waals surface area contributed by atoms with Crippen molar-refractivity contribution in [1.82, 2.24) is 15.2 Å². The molecule has 2 aromatic rings. The Morgan fingerprint density at radius 2 is 1.88 bits per heavy atom. The van der Waals surface area contributed by atoms with Crippen molar-refractivity contribution in [3.8, 4) is 0 Å². The van der Waals surface area contributed by atoms with E-state index < -0.39 is 0 Å². The summed E-state index contributed by atoms with van der Waals surface area (Å²) in [5.74, 6) is 0.318. The monoisotopic (exact) mass is 371 g/mol. The van der Waals surface area contributed by atoms with Crippen LogP contribution >= 0.6 is 11.6 Å². The number of nitrogens with zero attached hydrogens (tertiary/aromatic N) is 2. The average molecular weight is 372 g/mol. The number of aromatic nitrogens is 1. The Morgan fingerprint density at radius 1 is 1.19 bits per heavy atom. The molecule has 0 unspecified atom stereocenters. The first-order chi connectivity index (χ1) is 12.5. The molecule has 6 heteroatoms. The second-order valence-corrected chi connectivity index (χ2v) is 7.15. The lowest BCUT2D eigenvalue weighted by molar-refractivity contribution is 0.0697. The fourth-order valence-electron chi connectivity index (χ4n) is 2.96. The van der Waals surface area contributed by atoms with E-state index in [2.05, 4.69) is 17.2 Å². The smallest absolute Gasteiger partial charge is 0.270 e. The lowest BCUT2D eigenvalue weighted by atomic mass is 9.98. The van der Waals surface area contributed by atoms with E-state index in [9.17, 15) is 9.59 Å². The van der Waals surface area contributed by atoms with E-state index >= 15 is 0 Å². The van der Waals surface area contributed by atoms with Crippen LogP contribution in [0.2, 0.25) is 5.02 Å². The number of benzene rings is 1. The van der Waals surface area contributed by atoms with Crippen LogP contribution in [0.3, 0.4) is 0 Å². The van der Waals surface area contributed by atoms with Gasteiger partial charge in [-0.05, 0) is 48.6 Å². The van der Waals surface area contributed by atoms with Crippen molar-refractivity contribution < 1.29 is 9.59 Å². The molecule has 1 N–H and O–H groups in total. The number of carbonyl (C=O) groups excluding carboxylic acids is 2. The first-order valence-corrected chi connectivity index (χ1v) is 9.18. The highest BCUT2D eigenvalue weighted by atomic mass is 35.5. The van der Waals surface area contributed by atoms with Crippen molar-refractivity contribution in [2.24, 2.45) is 5.92 Å². The van der Waals surface area contributed by atoms with Gasteiger partial charge in [0, 0.05) is 36.4 Å². The van der Waals surface area contributed by atoms with Crippen molar-refractivity contribution in [3.63, 3.8) is 0 Å². The van der Waals surface area contributed by atoms with Gasteiger partial charge < -0.3 is 10.2 Å². The molecule has 1 aromatic carbocycles. The highest BCUT2D eigenvalue weighted by molar-refractivity contribution is 6.30. The normalized spacial score (nSPS) is 14.9. The number of carbonyl (C=O) groups is 2. The predicted octanol–water partition coefficient (Wildman–Crippen LogP) is 3.54. The Balaban J connectivity index is 1.63. The third-order valence-electron chi connectivity index (χ3n) is 4.68. The minimum atomic E-state index is -0.304. The first kappa shape index (κ1) is 18.4. The molecule has 26 heavy (non-hydrogen) atoms. The molecule has 5 nitrogen and oxygen atoms in total. The van der Waals surface area contributed by atoms with E-state index in [0.717, 1.165) is 31.5 Å². The summed E-state index contributed by atoms with van der Waals surface area (Å²) in [6, 6.07) is 10.5. The van der Waals surface area contributed by atoms with Gasteiger partial charge in [0.15, 0.2) is 0 Å². The minimum Gasteiger partial charge on any atom is -0.347 e. The first-order valence-electron chi connectivity index (χ1n) is 8.81. The number of nitrogens with one attached hydrogen (secondary N) is 1. The van der Waals surface area contributed by atoms with Gasteiger partial charge >= 0.3 is 0 Å². The van der Waals surface area contributed by atoms with Gasteiger partial charge in [-0.25, -0.2) is 0 Å². The highest BCUT2D eigenvalue weighted by Crippen LogP contribution is 2.18. The lowest BCUT2D eigenvalue weighted by Gasteiger charge is -2.30. The molecule has 2 amide bonds. The van der Waals surface area contributed by atoms with Gasteiger partial charge in [-0.15, -0.1) is 0 Å². The molecule has 2 heterocycles. The number of amides is 2. The number of pyridine rings is 1. The van der Waals surface area contributed by atoms with Gasteiger partial charge in [0.1, 0.15) is 5.69 Å². The van der Waals surface area contributed by atoms with Gasteiger partial charge in [-0.2, -0.15) is 0 Å². The number of halogens is 1.